The first-order chi connectivity index (χ1) is 13.9. The molecule has 29 heavy (non-hydrogen) atoms. The average Bonchev–Trinajstić information content (AvgIpc) is 3.14. The zero-order valence-electron chi connectivity index (χ0n) is 18.0. The van der Waals surface area contributed by atoms with Crippen molar-refractivity contribution in [1.82, 2.24) is 15.1 Å². The van der Waals surface area contributed by atoms with Crippen LogP contribution in [-0.4, -0.2) is 21.2 Å². The van der Waals surface area contributed by atoms with Crippen LogP contribution in [0.4, 0.5) is 5.82 Å². The highest BCUT2D eigenvalue weighted by Gasteiger charge is 2.38. The van der Waals surface area contributed by atoms with Crippen LogP contribution in [0.3, 0.4) is 0 Å². The molecule has 4 rings (SSSR count). The molecule has 2 aromatic rings. The lowest BCUT2D eigenvalue weighted by Gasteiger charge is -2.39. The summed E-state index contributed by atoms with van der Waals surface area (Å²) in [5.41, 5.74) is 1.70. The van der Waals surface area contributed by atoms with E-state index >= 15 is 0 Å². The van der Waals surface area contributed by atoms with Crippen LogP contribution in [0.25, 0.3) is 0 Å². The standard InChI is InChI=1S/C24H34N4O/c1-4-13-24(14-9-6-10-15-24)27-22(29)19-17-25-28-21(19)26-20(16-23(28,2)3)18-11-7-5-8-12-18/h5,7-8,11-12,17,20,26H,4,6,9-10,13-16H2,1-3H3,(H,27,29). The lowest BCUT2D eigenvalue weighted by atomic mass is 9.78. The van der Waals surface area contributed by atoms with Crippen molar-refractivity contribution in [3.63, 3.8) is 0 Å². The second-order valence-corrected chi connectivity index (χ2v) is 9.49. The van der Waals surface area contributed by atoms with Gasteiger partial charge in [-0.3, -0.25) is 4.79 Å². The van der Waals surface area contributed by atoms with Gasteiger partial charge in [0.05, 0.1) is 17.8 Å². The van der Waals surface area contributed by atoms with E-state index in [9.17, 15) is 4.79 Å². The summed E-state index contributed by atoms with van der Waals surface area (Å²) in [6.45, 7) is 6.60. The van der Waals surface area contributed by atoms with Gasteiger partial charge in [0.15, 0.2) is 0 Å². The van der Waals surface area contributed by atoms with Gasteiger partial charge in [-0.25, -0.2) is 4.68 Å². The quantitative estimate of drug-likeness (QED) is 0.713. The van der Waals surface area contributed by atoms with Gasteiger partial charge in [0.1, 0.15) is 11.4 Å². The number of hydrogen-bond donors (Lipinski definition) is 2. The minimum atomic E-state index is -0.161. The molecule has 1 unspecified atom stereocenters. The highest BCUT2D eigenvalue weighted by Crippen LogP contribution is 2.40. The summed E-state index contributed by atoms with van der Waals surface area (Å²) in [5.74, 6) is 0.855. The summed E-state index contributed by atoms with van der Waals surface area (Å²) in [6, 6.07) is 10.6. The summed E-state index contributed by atoms with van der Waals surface area (Å²) in [5, 5.41) is 11.7. The number of amides is 1. The van der Waals surface area contributed by atoms with E-state index in [0.717, 1.165) is 37.9 Å². The molecule has 5 nitrogen and oxygen atoms in total. The highest BCUT2D eigenvalue weighted by molar-refractivity contribution is 5.99. The molecule has 156 valence electrons. The monoisotopic (exact) mass is 394 g/mol. The maximum Gasteiger partial charge on any atom is 0.257 e. The van der Waals surface area contributed by atoms with Crippen molar-refractivity contribution in [1.29, 1.82) is 0 Å². The zero-order chi connectivity index (χ0) is 20.5. The third-order valence-electron chi connectivity index (χ3n) is 6.72. The van der Waals surface area contributed by atoms with Gasteiger partial charge in [0.2, 0.25) is 0 Å². The lowest BCUT2D eigenvalue weighted by Crippen LogP contribution is -2.50. The second-order valence-electron chi connectivity index (χ2n) is 9.49. The minimum Gasteiger partial charge on any atom is -0.363 e. The molecule has 0 radical (unpaired) electrons. The van der Waals surface area contributed by atoms with Crippen LogP contribution in [0, 0.1) is 0 Å². The van der Waals surface area contributed by atoms with Crippen LogP contribution in [-0.2, 0) is 5.54 Å². The SMILES string of the molecule is CCCC1(NC(=O)c2cnn3c2NC(c2ccccc2)CC3(C)C)CCCCC1. The van der Waals surface area contributed by atoms with Crippen molar-refractivity contribution in [2.45, 2.75) is 89.3 Å². The number of carbonyl (C=O) groups excluding carboxylic acids is 1. The molecule has 2 heterocycles. The predicted octanol–water partition coefficient (Wildman–Crippen LogP) is 5.41. The highest BCUT2D eigenvalue weighted by atomic mass is 16.1. The fraction of sp³-hybridized carbons (Fsp3) is 0.583. The Morgan fingerprint density at radius 1 is 1.21 bits per heavy atom. The summed E-state index contributed by atoms with van der Waals surface area (Å²) in [7, 11) is 0. The van der Waals surface area contributed by atoms with Crippen molar-refractivity contribution in [2.24, 2.45) is 0 Å². The van der Waals surface area contributed by atoms with Crippen LogP contribution >= 0.6 is 0 Å². The molecule has 1 fully saturated rings. The normalized spacial score (nSPS) is 22.4. The maximum absolute atomic E-state index is 13.4. The molecule has 1 aromatic heterocycles. The minimum absolute atomic E-state index is 0.0126. The number of hydrogen-bond acceptors (Lipinski definition) is 3. The second kappa shape index (κ2) is 7.85. The van der Waals surface area contributed by atoms with Gasteiger partial charge in [-0.15, -0.1) is 0 Å². The van der Waals surface area contributed by atoms with E-state index in [1.165, 1.54) is 24.8 Å². The summed E-state index contributed by atoms with van der Waals surface area (Å²) in [6.07, 6.45) is 10.7. The van der Waals surface area contributed by atoms with Crippen LogP contribution in [0.5, 0.6) is 0 Å². The summed E-state index contributed by atoms with van der Waals surface area (Å²) >= 11 is 0. The van der Waals surface area contributed by atoms with E-state index < -0.39 is 0 Å². The van der Waals surface area contributed by atoms with Crippen LogP contribution in [0.1, 0.15) is 94.1 Å². The Kier molecular flexibility index (Phi) is 5.41. The van der Waals surface area contributed by atoms with Crippen molar-refractivity contribution in [3.8, 4) is 0 Å². The number of nitrogens with zero attached hydrogens (tertiary/aromatic N) is 2. The molecule has 0 bridgehead atoms. The van der Waals surface area contributed by atoms with E-state index in [2.05, 4.69) is 60.8 Å². The van der Waals surface area contributed by atoms with Crippen molar-refractivity contribution in [3.05, 3.63) is 47.7 Å². The van der Waals surface area contributed by atoms with Crippen LogP contribution in [0.2, 0.25) is 0 Å². The van der Waals surface area contributed by atoms with Crippen molar-refractivity contribution >= 4 is 11.7 Å². The Morgan fingerprint density at radius 3 is 2.62 bits per heavy atom. The molecule has 0 saturated heterocycles. The zero-order valence-corrected chi connectivity index (χ0v) is 18.0. The van der Waals surface area contributed by atoms with Gasteiger partial charge in [-0.1, -0.05) is 62.9 Å². The molecule has 1 atom stereocenters. The molecule has 1 amide bonds. The Morgan fingerprint density at radius 2 is 1.93 bits per heavy atom. The van der Waals surface area contributed by atoms with E-state index in [4.69, 9.17) is 0 Å². The molecule has 1 aliphatic heterocycles. The number of rotatable bonds is 5. The molecule has 5 heteroatoms. The number of benzene rings is 1. The van der Waals surface area contributed by atoms with Gasteiger partial charge in [-0.2, -0.15) is 5.10 Å². The van der Waals surface area contributed by atoms with Gasteiger partial charge in [0.25, 0.3) is 5.91 Å². The van der Waals surface area contributed by atoms with Gasteiger partial charge in [-0.05, 0) is 45.1 Å². The Bertz CT molecular complexity index is 844. The number of nitrogens with one attached hydrogen (secondary N) is 2. The van der Waals surface area contributed by atoms with Crippen molar-refractivity contribution in [2.75, 3.05) is 5.32 Å². The number of anilines is 1. The third kappa shape index (κ3) is 3.92. The first kappa shape index (κ1) is 20.0. The van der Waals surface area contributed by atoms with E-state index in [1.807, 2.05) is 10.7 Å². The molecule has 2 aliphatic rings. The fourth-order valence-corrected chi connectivity index (χ4v) is 5.25. The first-order valence-electron chi connectivity index (χ1n) is 11.2. The van der Waals surface area contributed by atoms with E-state index in [1.54, 1.807) is 6.20 Å². The average molecular weight is 395 g/mol. The molecule has 2 N–H and O–H groups in total. The molecule has 1 aromatic carbocycles. The molecular weight excluding hydrogens is 360 g/mol. The Labute approximate surface area is 174 Å². The predicted molar refractivity (Wildman–Crippen MR) is 117 cm³/mol. The molecular formula is C24H34N4O. The lowest BCUT2D eigenvalue weighted by molar-refractivity contribution is 0.0859. The topological polar surface area (TPSA) is 59.0 Å². The van der Waals surface area contributed by atoms with E-state index in [-0.39, 0.29) is 23.0 Å². The maximum atomic E-state index is 13.4. The Balaban J connectivity index is 1.62. The van der Waals surface area contributed by atoms with Gasteiger partial charge in [0, 0.05) is 5.54 Å². The first-order valence-corrected chi connectivity index (χ1v) is 11.2. The number of fused-ring (bicyclic) bond motifs is 1. The van der Waals surface area contributed by atoms with Crippen molar-refractivity contribution < 1.29 is 4.79 Å². The Hall–Kier alpha value is -2.30. The largest absolute Gasteiger partial charge is 0.363 e. The van der Waals surface area contributed by atoms with Gasteiger partial charge < -0.3 is 10.6 Å². The smallest absolute Gasteiger partial charge is 0.257 e. The summed E-state index contributed by atoms with van der Waals surface area (Å²) in [4.78, 5) is 13.4. The third-order valence-corrected chi connectivity index (χ3v) is 6.72. The molecule has 0 spiro atoms. The molecule has 1 saturated carbocycles. The molecule has 1 aliphatic carbocycles. The number of carbonyl (C=O) groups is 1. The van der Waals surface area contributed by atoms with E-state index in [0.29, 0.717) is 5.56 Å². The number of aromatic nitrogens is 2. The van der Waals surface area contributed by atoms with Gasteiger partial charge >= 0.3 is 0 Å². The van der Waals surface area contributed by atoms with Crippen LogP contribution < -0.4 is 10.6 Å². The van der Waals surface area contributed by atoms with Crippen LogP contribution in [0.15, 0.2) is 36.5 Å². The fourth-order valence-electron chi connectivity index (χ4n) is 5.25. The summed E-state index contributed by atoms with van der Waals surface area (Å²) < 4.78 is 1.99.